The average Bonchev–Trinajstić information content (AvgIpc) is 3.75. The molecule has 10 heteroatoms. The molecule has 2 N–H and O–H groups in total. The molecule has 0 aromatic rings. The fraction of sp³-hybridized carbons (Fsp3) is 0.778. The second-order valence-electron chi connectivity index (χ2n) is 12.7. The summed E-state index contributed by atoms with van der Waals surface area (Å²) in [6.45, 7) is 5.82. The van der Waals surface area contributed by atoms with Crippen molar-refractivity contribution in [3.05, 3.63) is 36.5 Å². The SMILES string of the molecule is CCCCC/C=C\C/C=C\C/C=C\CC1OC1CCCC(=O)O[C@H](COC(=O)CCCCCCCCCC(C)C)COP(=O)(O)O. The van der Waals surface area contributed by atoms with Crippen LogP contribution in [0.3, 0.4) is 0 Å². The van der Waals surface area contributed by atoms with E-state index in [1.54, 1.807) is 0 Å². The van der Waals surface area contributed by atoms with Crippen molar-refractivity contribution in [1.29, 1.82) is 0 Å². The molecule has 0 saturated carbocycles. The quantitative estimate of drug-likeness (QED) is 0.0252. The Hall–Kier alpha value is -1.77. The van der Waals surface area contributed by atoms with E-state index in [1.807, 2.05) is 0 Å². The second kappa shape index (κ2) is 27.2. The standard InChI is InChI=1S/C36H63O9P/c1-4-5-6-7-8-9-10-11-12-15-18-21-25-33-34(45-33)26-23-28-36(38)44-32(30-43-46(39,40)41)29-42-35(37)27-22-19-16-13-14-17-20-24-31(2)3/h8-9,11-12,18,21,31-34H,4-7,10,13-17,19-20,22-30H2,1-3H3,(H2,39,40,41)/b9-8-,12-11-,21-18-/t32-,33?,34?/m1/s1. The lowest BCUT2D eigenvalue weighted by Gasteiger charge is -2.18. The number of carbonyl (C=O) groups is 2. The Kier molecular flexibility index (Phi) is 25.0. The van der Waals surface area contributed by atoms with Gasteiger partial charge in [0.2, 0.25) is 0 Å². The minimum absolute atomic E-state index is 0.116. The topological polar surface area (TPSA) is 132 Å². The Balaban J connectivity index is 2.19. The van der Waals surface area contributed by atoms with Crippen molar-refractivity contribution in [2.45, 2.75) is 161 Å². The summed E-state index contributed by atoms with van der Waals surface area (Å²) in [5.74, 6) is -0.216. The molecular formula is C36H63O9P. The number of epoxide rings is 1. The summed E-state index contributed by atoms with van der Waals surface area (Å²) in [7, 11) is -4.77. The zero-order valence-electron chi connectivity index (χ0n) is 28.8. The Labute approximate surface area is 278 Å². The van der Waals surface area contributed by atoms with Crippen molar-refractivity contribution < 1.29 is 42.7 Å². The van der Waals surface area contributed by atoms with Gasteiger partial charge in [0.1, 0.15) is 6.61 Å². The van der Waals surface area contributed by atoms with Gasteiger partial charge in [-0.15, -0.1) is 0 Å². The number of phosphoric acid groups is 1. The third kappa shape index (κ3) is 27.4. The van der Waals surface area contributed by atoms with E-state index in [9.17, 15) is 14.2 Å². The molecule has 0 aromatic heterocycles. The van der Waals surface area contributed by atoms with Gasteiger partial charge >= 0.3 is 19.8 Å². The molecule has 1 saturated heterocycles. The lowest BCUT2D eigenvalue weighted by Crippen LogP contribution is -2.29. The number of ether oxygens (including phenoxy) is 3. The van der Waals surface area contributed by atoms with E-state index in [4.69, 9.17) is 24.0 Å². The molecule has 0 radical (unpaired) electrons. The molecule has 3 atom stereocenters. The van der Waals surface area contributed by atoms with Crippen LogP contribution in [0.1, 0.15) is 143 Å². The number of unbranched alkanes of at least 4 members (excludes halogenated alkanes) is 9. The Morgan fingerprint density at radius 3 is 2.07 bits per heavy atom. The molecule has 0 spiro atoms. The largest absolute Gasteiger partial charge is 0.469 e. The van der Waals surface area contributed by atoms with Crippen LogP contribution in [-0.2, 0) is 32.9 Å². The van der Waals surface area contributed by atoms with E-state index in [0.29, 0.717) is 19.3 Å². The van der Waals surface area contributed by atoms with Gasteiger partial charge in [-0.25, -0.2) is 4.57 Å². The van der Waals surface area contributed by atoms with E-state index in [-0.39, 0.29) is 31.7 Å². The predicted octanol–water partition coefficient (Wildman–Crippen LogP) is 9.07. The molecule has 46 heavy (non-hydrogen) atoms. The molecule has 9 nitrogen and oxygen atoms in total. The number of carbonyl (C=O) groups excluding carboxylic acids is 2. The van der Waals surface area contributed by atoms with Gasteiger partial charge in [-0.3, -0.25) is 14.1 Å². The Morgan fingerprint density at radius 1 is 0.761 bits per heavy atom. The van der Waals surface area contributed by atoms with Crippen molar-refractivity contribution >= 4 is 19.8 Å². The maximum atomic E-state index is 12.4. The van der Waals surface area contributed by atoms with Gasteiger partial charge in [0.15, 0.2) is 6.10 Å². The van der Waals surface area contributed by atoms with Crippen LogP contribution in [0, 0.1) is 5.92 Å². The first kappa shape index (κ1) is 42.3. The molecule has 0 amide bonds. The van der Waals surface area contributed by atoms with E-state index in [2.05, 4.69) is 61.8 Å². The summed E-state index contributed by atoms with van der Waals surface area (Å²) < 4.78 is 31.9. The zero-order valence-corrected chi connectivity index (χ0v) is 29.7. The number of phosphoric ester groups is 1. The second-order valence-corrected chi connectivity index (χ2v) is 14.0. The summed E-state index contributed by atoms with van der Waals surface area (Å²) in [4.78, 5) is 42.7. The Morgan fingerprint density at radius 2 is 1.39 bits per heavy atom. The molecule has 0 aromatic carbocycles. The van der Waals surface area contributed by atoms with Crippen molar-refractivity contribution in [1.82, 2.24) is 0 Å². The minimum atomic E-state index is -4.77. The molecule has 1 heterocycles. The van der Waals surface area contributed by atoms with E-state index < -0.39 is 32.5 Å². The Bertz CT molecular complexity index is 924. The highest BCUT2D eigenvalue weighted by molar-refractivity contribution is 7.46. The van der Waals surface area contributed by atoms with E-state index in [1.165, 1.54) is 44.9 Å². The molecule has 0 aliphatic carbocycles. The lowest BCUT2D eigenvalue weighted by molar-refractivity contribution is -0.161. The number of rotatable bonds is 30. The molecule has 1 aliphatic rings. The molecular weight excluding hydrogens is 607 g/mol. The number of esters is 2. The number of hydrogen-bond acceptors (Lipinski definition) is 7. The van der Waals surface area contributed by atoms with Gasteiger partial charge in [0.05, 0.1) is 18.8 Å². The third-order valence-electron chi connectivity index (χ3n) is 7.76. The molecule has 0 bridgehead atoms. The minimum Gasteiger partial charge on any atom is -0.462 e. The number of hydrogen-bond donors (Lipinski definition) is 2. The van der Waals surface area contributed by atoms with Crippen LogP contribution in [0.25, 0.3) is 0 Å². The van der Waals surface area contributed by atoms with Gasteiger partial charge in [-0.1, -0.05) is 115 Å². The summed E-state index contributed by atoms with van der Waals surface area (Å²) in [6.07, 6.45) is 30.5. The van der Waals surface area contributed by atoms with E-state index >= 15 is 0 Å². The molecule has 266 valence electrons. The van der Waals surface area contributed by atoms with Gasteiger partial charge in [-0.2, -0.15) is 0 Å². The summed E-state index contributed by atoms with van der Waals surface area (Å²) in [5.41, 5.74) is 0. The third-order valence-corrected chi connectivity index (χ3v) is 8.25. The lowest BCUT2D eigenvalue weighted by atomic mass is 10.0. The van der Waals surface area contributed by atoms with Gasteiger partial charge in [-0.05, 0) is 57.3 Å². The normalized spacial score (nSPS) is 17.4. The van der Waals surface area contributed by atoms with E-state index in [0.717, 1.165) is 50.9 Å². The summed E-state index contributed by atoms with van der Waals surface area (Å²) in [6, 6.07) is 0. The van der Waals surface area contributed by atoms with Gasteiger partial charge in [0, 0.05) is 12.8 Å². The zero-order chi connectivity index (χ0) is 33.9. The predicted molar refractivity (Wildman–Crippen MR) is 183 cm³/mol. The van der Waals surface area contributed by atoms with Gasteiger partial charge in [0.25, 0.3) is 0 Å². The highest BCUT2D eigenvalue weighted by Gasteiger charge is 2.36. The van der Waals surface area contributed by atoms with Crippen LogP contribution in [0.4, 0.5) is 0 Å². The van der Waals surface area contributed by atoms with Gasteiger partial charge < -0.3 is 24.0 Å². The molecule has 1 rings (SSSR count). The van der Waals surface area contributed by atoms with Crippen LogP contribution >= 0.6 is 7.82 Å². The van der Waals surface area contributed by atoms with Crippen LogP contribution in [0.2, 0.25) is 0 Å². The molecule has 2 unspecified atom stereocenters. The fourth-order valence-corrected chi connectivity index (χ4v) is 5.36. The smallest absolute Gasteiger partial charge is 0.462 e. The fourth-order valence-electron chi connectivity index (χ4n) is 5.00. The first-order valence-electron chi connectivity index (χ1n) is 17.8. The average molecular weight is 671 g/mol. The number of allylic oxidation sites excluding steroid dienone is 5. The van der Waals surface area contributed by atoms with Crippen molar-refractivity contribution in [2.75, 3.05) is 13.2 Å². The van der Waals surface area contributed by atoms with Crippen LogP contribution in [0.15, 0.2) is 36.5 Å². The van der Waals surface area contributed by atoms with Crippen molar-refractivity contribution in [3.63, 3.8) is 0 Å². The van der Waals surface area contributed by atoms with Crippen LogP contribution in [0.5, 0.6) is 0 Å². The van der Waals surface area contributed by atoms with Crippen molar-refractivity contribution in [3.8, 4) is 0 Å². The first-order valence-corrected chi connectivity index (χ1v) is 19.3. The monoisotopic (exact) mass is 670 g/mol. The highest BCUT2D eigenvalue weighted by atomic mass is 31.2. The van der Waals surface area contributed by atoms with Crippen molar-refractivity contribution in [2.24, 2.45) is 5.92 Å². The molecule has 1 fully saturated rings. The first-order chi connectivity index (χ1) is 22.1. The summed E-state index contributed by atoms with van der Waals surface area (Å²) >= 11 is 0. The molecule has 1 aliphatic heterocycles. The van der Waals surface area contributed by atoms with Crippen LogP contribution in [-0.4, -0.2) is 53.3 Å². The summed E-state index contributed by atoms with van der Waals surface area (Å²) in [5, 5.41) is 0. The maximum Gasteiger partial charge on any atom is 0.469 e. The van der Waals surface area contributed by atoms with Crippen LogP contribution < -0.4 is 0 Å². The maximum absolute atomic E-state index is 12.4. The highest BCUT2D eigenvalue weighted by Crippen LogP contribution is 2.36.